The molecule has 154 valence electrons. The van der Waals surface area contributed by atoms with Gasteiger partial charge in [0.1, 0.15) is 11.5 Å². The minimum absolute atomic E-state index is 0.142. The molecule has 3 N–H and O–H groups in total. The Hall–Kier alpha value is -3.50. The molecule has 0 aliphatic carbocycles. The largest absolute Gasteiger partial charge is 0.378 e. The molecule has 10 nitrogen and oxygen atoms in total. The molecule has 0 radical (unpaired) electrons. The quantitative estimate of drug-likeness (QED) is 0.395. The molecule has 3 aromatic rings. The van der Waals surface area contributed by atoms with E-state index < -0.39 is 9.85 Å². The number of nitrogens with two attached hydrogens (primary N) is 1. The van der Waals surface area contributed by atoms with Gasteiger partial charge in [0, 0.05) is 35.5 Å². The molecule has 0 spiro atoms. The first kappa shape index (κ1) is 21.2. The maximum absolute atomic E-state index is 11.5. The first-order valence-corrected chi connectivity index (χ1v) is 9.25. The van der Waals surface area contributed by atoms with Gasteiger partial charge in [0.05, 0.1) is 14.9 Å². The Labute approximate surface area is 180 Å². The molecule has 0 aliphatic rings. The Morgan fingerprint density at radius 3 is 2.40 bits per heavy atom. The molecule has 0 bridgehead atoms. The first-order chi connectivity index (χ1) is 14.3. The first-order valence-electron chi connectivity index (χ1n) is 8.50. The lowest BCUT2D eigenvalue weighted by molar-refractivity contribution is -0.384. The monoisotopic (exact) mass is 448 g/mol. The molecule has 12 heteroatoms. The van der Waals surface area contributed by atoms with E-state index in [0.29, 0.717) is 34.9 Å². The van der Waals surface area contributed by atoms with Crippen LogP contribution in [-0.4, -0.2) is 26.4 Å². The average molecular weight is 449 g/mol. The summed E-state index contributed by atoms with van der Waals surface area (Å²) in [7, 11) is 0. The SMILES string of the molecule is Nc1nc(NCCc2cnc(-c3ccc(Cl)cc3Cl)c([N+](=O)[O-])c2)ccc1[N+](=O)[O-]. The van der Waals surface area contributed by atoms with E-state index in [2.05, 4.69) is 15.3 Å². The van der Waals surface area contributed by atoms with Crippen LogP contribution in [0.25, 0.3) is 11.3 Å². The third-order valence-electron chi connectivity index (χ3n) is 4.13. The molecule has 0 saturated heterocycles. The second-order valence-electron chi connectivity index (χ2n) is 6.13. The van der Waals surface area contributed by atoms with Gasteiger partial charge in [-0.25, -0.2) is 9.97 Å². The number of nitro groups is 2. The summed E-state index contributed by atoms with van der Waals surface area (Å²) in [5, 5.41) is 26.0. The van der Waals surface area contributed by atoms with Crippen LogP contribution in [-0.2, 0) is 6.42 Å². The van der Waals surface area contributed by atoms with E-state index in [-0.39, 0.29) is 27.9 Å². The van der Waals surface area contributed by atoms with Crippen molar-refractivity contribution in [1.82, 2.24) is 9.97 Å². The number of nitrogens with zero attached hydrogens (tertiary/aromatic N) is 4. The number of aromatic nitrogens is 2. The van der Waals surface area contributed by atoms with Crippen LogP contribution in [0.3, 0.4) is 0 Å². The highest BCUT2D eigenvalue weighted by Crippen LogP contribution is 2.35. The van der Waals surface area contributed by atoms with Gasteiger partial charge in [-0.15, -0.1) is 0 Å². The predicted octanol–water partition coefficient (Wildman–Crippen LogP) is 4.50. The molecule has 0 aliphatic heterocycles. The molecule has 0 unspecified atom stereocenters. The number of nitrogen functional groups attached to an aromatic ring is 1. The lowest BCUT2D eigenvalue weighted by Gasteiger charge is -2.09. The Kier molecular flexibility index (Phi) is 6.28. The van der Waals surface area contributed by atoms with E-state index in [9.17, 15) is 20.2 Å². The topological polar surface area (TPSA) is 150 Å². The van der Waals surface area contributed by atoms with Crippen molar-refractivity contribution >= 4 is 46.2 Å². The molecule has 1 aromatic carbocycles. The molecule has 0 atom stereocenters. The maximum Gasteiger partial charge on any atom is 0.311 e. The van der Waals surface area contributed by atoms with E-state index in [1.807, 2.05) is 0 Å². The Bertz CT molecular complexity index is 1140. The molecule has 0 amide bonds. The van der Waals surface area contributed by atoms with Crippen molar-refractivity contribution in [1.29, 1.82) is 0 Å². The van der Waals surface area contributed by atoms with Gasteiger partial charge in [0.25, 0.3) is 5.69 Å². The summed E-state index contributed by atoms with van der Waals surface area (Å²) in [5.74, 6) is 0.150. The van der Waals surface area contributed by atoms with Gasteiger partial charge in [0.2, 0.25) is 5.82 Å². The van der Waals surface area contributed by atoms with Crippen LogP contribution in [0.4, 0.5) is 23.0 Å². The highest BCUT2D eigenvalue weighted by atomic mass is 35.5. The van der Waals surface area contributed by atoms with Gasteiger partial charge < -0.3 is 11.1 Å². The Morgan fingerprint density at radius 1 is 1.03 bits per heavy atom. The Morgan fingerprint density at radius 2 is 1.77 bits per heavy atom. The number of halogens is 2. The second kappa shape index (κ2) is 8.89. The van der Waals surface area contributed by atoms with Crippen molar-refractivity contribution in [3.8, 4) is 11.3 Å². The average Bonchev–Trinajstić information content (AvgIpc) is 2.68. The number of pyridine rings is 2. The third kappa shape index (κ3) is 4.73. The van der Waals surface area contributed by atoms with Gasteiger partial charge in [-0.3, -0.25) is 20.2 Å². The molecule has 30 heavy (non-hydrogen) atoms. The minimum Gasteiger partial charge on any atom is -0.378 e. The second-order valence-corrected chi connectivity index (χ2v) is 6.97. The zero-order chi connectivity index (χ0) is 21.8. The van der Waals surface area contributed by atoms with Gasteiger partial charge in [0.15, 0.2) is 0 Å². The summed E-state index contributed by atoms with van der Waals surface area (Å²) in [6.45, 7) is 0.351. The zero-order valence-corrected chi connectivity index (χ0v) is 16.7. The standard InChI is InChI=1S/C18H14Cl2N6O4/c19-11-1-2-12(13(20)8-11)17-15(26(29)30)7-10(9-23-17)5-6-22-16-4-3-14(25(27)28)18(21)24-16/h1-4,7-9H,5-6H2,(H3,21,22,24). The van der Waals surface area contributed by atoms with Gasteiger partial charge in [-0.2, -0.15) is 0 Å². The molecule has 3 rings (SSSR count). The van der Waals surface area contributed by atoms with Crippen molar-refractivity contribution in [2.24, 2.45) is 0 Å². The van der Waals surface area contributed by atoms with Gasteiger partial charge >= 0.3 is 5.69 Å². The number of anilines is 2. The van der Waals surface area contributed by atoms with Crippen molar-refractivity contribution in [2.75, 3.05) is 17.6 Å². The minimum atomic E-state index is -0.620. The fourth-order valence-corrected chi connectivity index (χ4v) is 3.21. The van der Waals surface area contributed by atoms with E-state index in [4.69, 9.17) is 28.9 Å². The van der Waals surface area contributed by atoms with Crippen LogP contribution >= 0.6 is 23.2 Å². The fourth-order valence-electron chi connectivity index (χ4n) is 2.72. The van der Waals surface area contributed by atoms with Crippen molar-refractivity contribution < 1.29 is 9.85 Å². The summed E-state index contributed by atoms with van der Waals surface area (Å²) >= 11 is 12.0. The van der Waals surface area contributed by atoms with Crippen LogP contribution in [0, 0.1) is 20.2 Å². The maximum atomic E-state index is 11.5. The van der Waals surface area contributed by atoms with E-state index in [1.165, 1.54) is 30.5 Å². The molecule has 2 aromatic heterocycles. The van der Waals surface area contributed by atoms with Crippen LogP contribution < -0.4 is 11.1 Å². The van der Waals surface area contributed by atoms with E-state index in [0.717, 1.165) is 0 Å². The zero-order valence-electron chi connectivity index (χ0n) is 15.2. The van der Waals surface area contributed by atoms with E-state index >= 15 is 0 Å². The highest BCUT2D eigenvalue weighted by molar-refractivity contribution is 6.36. The molecular weight excluding hydrogens is 435 g/mol. The number of hydrogen-bond donors (Lipinski definition) is 2. The van der Waals surface area contributed by atoms with Crippen LogP contribution in [0.2, 0.25) is 10.0 Å². The van der Waals surface area contributed by atoms with Crippen LogP contribution in [0.15, 0.2) is 42.6 Å². The van der Waals surface area contributed by atoms with Gasteiger partial charge in [-0.05, 0) is 36.2 Å². The van der Waals surface area contributed by atoms with Crippen molar-refractivity contribution in [2.45, 2.75) is 6.42 Å². The molecule has 0 fully saturated rings. The van der Waals surface area contributed by atoms with Gasteiger partial charge in [-0.1, -0.05) is 23.2 Å². The lowest BCUT2D eigenvalue weighted by Crippen LogP contribution is -2.09. The summed E-state index contributed by atoms with van der Waals surface area (Å²) in [6, 6.07) is 8.75. The van der Waals surface area contributed by atoms with Crippen molar-refractivity contribution in [3.63, 3.8) is 0 Å². The Balaban J connectivity index is 1.76. The van der Waals surface area contributed by atoms with Crippen LogP contribution in [0.1, 0.15) is 5.56 Å². The summed E-state index contributed by atoms with van der Waals surface area (Å²) in [4.78, 5) is 29.3. The number of hydrogen-bond acceptors (Lipinski definition) is 8. The highest BCUT2D eigenvalue weighted by Gasteiger charge is 2.20. The molecule has 2 heterocycles. The normalized spacial score (nSPS) is 10.6. The smallest absolute Gasteiger partial charge is 0.311 e. The number of benzene rings is 1. The van der Waals surface area contributed by atoms with Crippen LogP contribution in [0.5, 0.6) is 0 Å². The predicted molar refractivity (Wildman–Crippen MR) is 114 cm³/mol. The third-order valence-corrected chi connectivity index (χ3v) is 4.67. The van der Waals surface area contributed by atoms with E-state index in [1.54, 1.807) is 12.1 Å². The summed E-state index contributed by atoms with van der Waals surface area (Å²) in [6.07, 6.45) is 1.91. The number of nitrogens with one attached hydrogen (secondary N) is 1. The lowest BCUT2D eigenvalue weighted by atomic mass is 10.1. The number of rotatable bonds is 7. The summed E-state index contributed by atoms with van der Waals surface area (Å²) in [5.41, 5.74) is 6.25. The molecule has 0 saturated carbocycles. The van der Waals surface area contributed by atoms with Crippen molar-refractivity contribution in [3.05, 3.63) is 78.4 Å². The summed E-state index contributed by atoms with van der Waals surface area (Å²) < 4.78 is 0. The molecular formula is C18H14Cl2N6O4. The fraction of sp³-hybridized carbons (Fsp3) is 0.111.